The molecule has 2 rings (SSSR count). The van der Waals surface area contributed by atoms with Crippen LogP contribution in [0.15, 0.2) is 6.20 Å². The first-order valence-electron chi connectivity index (χ1n) is 4.53. The highest BCUT2D eigenvalue weighted by atomic mass is 32.1. The number of carbonyl (C=O) groups is 1. The van der Waals surface area contributed by atoms with E-state index in [4.69, 9.17) is 18.0 Å². The molecule has 0 atom stereocenters. The van der Waals surface area contributed by atoms with Gasteiger partial charge in [-0.15, -0.1) is 5.10 Å². The molecule has 88 valence electrons. The van der Waals surface area contributed by atoms with Crippen molar-refractivity contribution >= 4 is 40.5 Å². The number of hydrogen-bond donors (Lipinski definition) is 3. The molecule has 17 heavy (non-hydrogen) atoms. The molecule has 0 aliphatic rings. The molecule has 0 aliphatic heterocycles. The highest BCUT2D eigenvalue weighted by Gasteiger charge is 2.16. The van der Waals surface area contributed by atoms with Gasteiger partial charge in [0.2, 0.25) is 0 Å². The molecule has 1 amide bonds. The molecule has 0 unspecified atom stereocenters. The van der Waals surface area contributed by atoms with Crippen LogP contribution in [0.3, 0.4) is 0 Å². The van der Waals surface area contributed by atoms with E-state index in [1.807, 2.05) is 0 Å². The van der Waals surface area contributed by atoms with Gasteiger partial charge >= 0.3 is 0 Å². The molecular weight excluding hydrogens is 260 g/mol. The quantitative estimate of drug-likeness (QED) is 0.697. The molecule has 0 saturated heterocycles. The van der Waals surface area contributed by atoms with Gasteiger partial charge in [0.15, 0.2) is 0 Å². The number of aromatic nitrogens is 4. The topological polar surface area (TPSA) is 110 Å². The lowest BCUT2D eigenvalue weighted by Crippen LogP contribution is -2.16. The minimum absolute atomic E-state index is 0.160. The van der Waals surface area contributed by atoms with Crippen molar-refractivity contribution in [2.45, 2.75) is 6.92 Å². The van der Waals surface area contributed by atoms with Crippen molar-refractivity contribution in [3.05, 3.63) is 22.3 Å². The fourth-order valence-electron chi connectivity index (χ4n) is 1.18. The Kier molecular flexibility index (Phi) is 3.11. The number of nitrogens with two attached hydrogens (primary N) is 1. The summed E-state index contributed by atoms with van der Waals surface area (Å²) in [6.45, 7) is 1.71. The normalized spacial score (nSPS) is 10.2. The van der Waals surface area contributed by atoms with Crippen LogP contribution in [-0.2, 0) is 0 Å². The van der Waals surface area contributed by atoms with Crippen molar-refractivity contribution in [3.63, 3.8) is 0 Å². The molecule has 0 fully saturated rings. The molecule has 7 nitrogen and oxygen atoms in total. The first-order chi connectivity index (χ1) is 8.09. The highest BCUT2D eigenvalue weighted by molar-refractivity contribution is 7.80. The SMILES string of the molecule is Cc1nnsc1C(=O)Nc1[nH]ncc1C(N)=S. The second-order valence-electron chi connectivity index (χ2n) is 3.16. The third-order valence-electron chi connectivity index (χ3n) is 2.00. The van der Waals surface area contributed by atoms with Gasteiger partial charge in [-0.3, -0.25) is 9.89 Å². The third kappa shape index (κ3) is 2.29. The highest BCUT2D eigenvalue weighted by Crippen LogP contribution is 2.15. The number of aromatic amines is 1. The van der Waals surface area contributed by atoms with Crippen molar-refractivity contribution in [2.75, 3.05) is 5.32 Å². The van der Waals surface area contributed by atoms with Gasteiger partial charge in [-0.2, -0.15) is 5.10 Å². The second kappa shape index (κ2) is 4.55. The Labute approximate surface area is 106 Å². The van der Waals surface area contributed by atoms with Gasteiger partial charge in [-0.05, 0) is 18.5 Å². The summed E-state index contributed by atoms with van der Waals surface area (Å²) in [4.78, 5) is 12.5. The maximum Gasteiger partial charge on any atom is 0.270 e. The molecule has 0 bridgehead atoms. The maximum atomic E-state index is 11.9. The van der Waals surface area contributed by atoms with Crippen molar-refractivity contribution in [3.8, 4) is 0 Å². The van der Waals surface area contributed by atoms with Gasteiger partial charge in [-0.1, -0.05) is 16.7 Å². The lowest BCUT2D eigenvalue weighted by Gasteiger charge is -2.02. The predicted octanol–water partition coefficient (Wildman–Crippen LogP) is 0.456. The molecular formula is C8H8N6OS2. The smallest absolute Gasteiger partial charge is 0.270 e. The Balaban J connectivity index is 2.22. The van der Waals surface area contributed by atoms with Crippen LogP contribution in [0.2, 0.25) is 0 Å². The monoisotopic (exact) mass is 268 g/mol. The zero-order valence-corrected chi connectivity index (χ0v) is 10.4. The Morgan fingerprint density at radius 3 is 3.00 bits per heavy atom. The molecule has 9 heteroatoms. The van der Waals surface area contributed by atoms with E-state index >= 15 is 0 Å². The number of H-pyrrole nitrogens is 1. The van der Waals surface area contributed by atoms with Gasteiger partial charge < -0.3 is 11.1 Å². The van der Waals surface area contributed by atoms with Crippen LogP contribution in [0.4, 0.5) is 5.82 Å². The van der Waals surface area contributed by atoms with E-state index in [-0.39, 0.29) is 10.9 Å². The Bertz CT molecular complexity index is 574. The fraction of sp³-hybridized carbons (Fsp3) is 0.125. The number of thiocarbonyl (C=S) groups is 1. The molecule has 2 aromatic heterocycles. The van der Waals surface area contributed by atoms with Crippen molar-refractivity contribution < 1.29 is 4.79 Å². The van der Waals surface area contributed by atoms with Crippen LogP contribution in [-0.4, -0.2) is 30.7 Å². The zero-order chi connectivity index (χ0) is 12.4. The summed E-state index contributed by atoms with van der Waals surface area (Å²) in [5.41, 5.74) is 6.54. The average Bonchev–Trinajstić information content (AvgIpc) is 2.86. The van der Waals surface area contributed by atoms with E-state index in [2.05, 4.69) is 25.1 Å². The molecule has 4 N–H and O–H groups in total. The van der Waals surface area contributed by atoms with Crippen LogP contribution >= 0.6 is 23.8 Å². The lowest BCUT2D eigenvalue weighted by atomic mass is 10.3. The first kappa shape index (κ1) is 11.6. The minimum Gasteiger partial charge on any atom is -0.389 e. The van der Waals surface area contributed by atoms with Crippen LogP contribution in [0.25, 0.3) is 0 Å². The minimum atomic E-state index is -0.320. The summed E-state index contributed by atoms with van der Waals surface area (Å²) < 4.78 is 3.68. The summed E-state index contributed by atoms with van der Waals surface area (Å²) in [7, 11) is 0. The summed E-state index contributed by atoms with van der Waals surface area (Å²) >= 11 is 5.85. The van der Waals surface area contributed by atoms with Crippen LogP contribution in [0.5, 0.6) is 0 Å². The zero-order valence-electron chi connectivity index (χ0n) is 8.72. The second-order valence-corrected chi connectivity index (χ2v) is 4.36. The van der Waals surface area contributed by atoms with E-state index in [1.165, 1.54) is 6.20 Å². The third-order valence-corrected chi connectivity index (χ3v) is 3.05. The molecule has 0 saturated carbocycles. The lowest BCUT2D eigenvalue weighted by molar-refractivity contribution is 0.102. The molecule has 0 spiro atoms. The Hall–Kier alpha value is -1.87. The Morgan fingerprint density at radius 1 is 1.65 bits per heavy atom. The van der Waals surface area contributed by atoms with Crippen molar-refractivity contribution in [1.29, 1.82) is 0 Å². The maximum absolute atomic E-state index is 11.9. The summed E-state index contributed by atoms with van der Waals surface area (Å²) in [5.74, 6) is 0.0505. The number of anilines is 1. The fourth-order valence-corrected chi connectivity index (χ4v) is 1.88. The van der Waals surface area contributed by atoms with Gasteiger partial charge in [-0.25, -0.2) is 0 Å². The molecule has 2 aromatic rings. The molecule has 0 radical (unpaired) electrons. The van der Waals surface area contributed by atoms with Gasteiger partial charge in [0.25, 0.3) is 5.91 Å². The molecule has 0 aromatic carbocycles. The van der Waals surface area contributed by atoms with E-state index in [0.29, 0.717) is 22.0 Å². The van der Waals surface area contributed by atoms with Crippen molar-refractivity contribution in [1.82, 2.24) is 19.8 Å². The van der Waals surface area contributed by atoms with E-state index in [0.717, 1.165) is 11.5 Å². The summed E-state index contributed by atoms with van der Waals surface area (Å²) in [5, 5.41) is 12.8. The number of nitrogens with zero attached hydrogens (tertiary/aromatic N) is 3. The Morgan fingerprint density at radius 2 is 2.41 bits per heavy atom. The van der Waals surface area contributed by atoms with E-state index in [9.17, 15) is 4.79 Å². The molecule has 2 heterocycles. The average molecular weight is 268 g/mol. The number of rotatable bonds is 3. The summed E-state index contributed by atoms with van der Waals surface area (Å²) in [6.07, 6.45) is 1.45. The number of nitrogens with one attached hydrogen (secondary N) is 2. The summed E-state index contributed by atoms with van der Waals surface area (Å²) in [6, 6.07) is 0. The number of carbonyl (C=O) groups excluding carboxylic acids is 1. The van der Waals surface area contributed by atoms with Crippen LogP contribution < -0.4 is 11.1 Å². The largest absolute Gasteiger partial charge is 0.389 e. The predicted molar refractivity (Wildman–Crippen MR) is 67.1 cm³/mol. The number of hydrogen-bond acceptors (Lipinski definition) is 6. The molecule has 0 aliphatic carbocycles. The van der Waals surface area contributed by atoms with Crippen molar-refractivity contribution in [2.24, 2.45) is 5.73 Å². The van der Waals surface area contributed by atoms with Crippen LogP contribution in [0.1, 0.15) is 20.9 Å². The van der Waals surface area contributed by atoms with E-state index in [1.54, 1.807) is 6.92 Å². The number of amides is 1. The first-order valence-corrected chi connectivity index (χ1v) is 5.71. The van der Waals surface area contributed by atoms with E-state index < -0.39 is 0 Å². The van der Waals surface area contributed by atoms with Gasteiger partial charge in [0, 0.05) is 0 Å². The van der Waals surface area contributed by atoms with Gasteiger partial charge in [0.1, 0.15) is 15.7 Å². The standard InChI is InChI=1S/C8H8N6OS2/c1-3-5(17-14-12-3)8(15)11-7-4(6(9)16)2-10-13-7/h2H,1H3,(H2,9,16)(H2,10,11,13,15). The number of aryl methyl sites for hydroxylation is 1. The van der Waals surface area contributed by atoms with Crippen LogP contribution in [0, 0.1) is 6.92 Å². The van der Waals surface area contributed by atoms with Gasteiger partial charge in [0.05, 0.1) is 17.5 Å².